The normalized spacial score (nSPS) is 20.4. The largest absolute Gasteiger partial charge is 0.487 e. The lowest BCUT2D eigenvalue weighted by molar-refractivity contribution is -0.124. The van der Waals surface area contributed by atoms with Crippen LogP contribution in [0.4, 0.5) is 4.79 Å². The Hall–Kier alpha value is -2.31. The Morgan fingerprint density at radius 2 is 2.26 bits per heavy atom. The highest BCUT2D eigenvalue weighted by Gasteiger charge is 2.40. The van der Waals surface area contributed by atoms with Crippen molar-refractivity contribution in [3.63, 3.8) is 0 Å². The maximum Gasteiger partial charge on any atom is 0.318 e. The summed E-state index contributed by atoms with van der Waals surface area (Å²) in [5.74, 6) is 0.807. The number of carbonyl (C=O) groups is 2. The third-order valence-corrected chi connectivity index (χ3v) is 3.67. The Kier molecular flexibility index (Phi) is 5.78. The smallest absolute Gasteiger partial charge is 0.318 e. The van der Waals surface area contributed by atoms with Gasteiger partial charge in [-0.15, -0.1) is 0 Å². The molecule has 0 radical (unpaired) electrons. The summed E-state index contributed by atoms with van der Waals surface area (Å²) in [4.78, 5) is 30.0. The number of rotatable bonds is 5. The van der Waals surface area contributed by atoms with E-state index in [9.17, 15) is 9.59 Å². The lowest BCUT2D eigenvalue weighted by atomic mass is 10.2. The lowest BCUT2D eigenvalue weighted by Gasteiger charge is -2.23. The molecule has 126 valence electrons. The highest BCUT2D eigenvalue weighted by molar-refractivity contribution is 5.87. The van der Waals surface area contributed by atoms with Crippen molar-refractivity contribution in [2.45, 2.75) is 32.4 Å². The van der Waals surface area contributed by atoms with E-state index in [0.717, 1.165) is 0 Å². The van der Waals surface area contributed by atoms with E-state index in [0.29, 0.717) is 31.2 Å². The molecule has 0 aromatic carbocycles. The summed E-state index contributed by atoms with van der Waals surface area (Å²) < 4.78 is 5.84. The van der Waals surface area contributed by atoms with Crippen molar-refractivity contribution in [2.24, 2.45) is 5.92 Å². The molecule has 1 aromatic heterocycles. The average molecular weight is 320 g/mol. The van der Waals surface area contributed by atoms with Crippen LogP contribution in [0, 0.1) is 5.92 Å². The molecule has 0 spiro atoms. The van der Waals surface area contributed by atoms with Gasteiger partial charge in [-0.25, -0.2) is 4.79 Å². The van der Waals surface area contributed by atoms with E-state index in [1.165, 1.54) is 0 Å². The number of hydrogen-bond acceptors (Lipinski definition) is 4. The van der Waals surface area contributed by atoms with Gasteiger partial charge >= 0.3 is 6.03 Å². The Labute approximate surface area is 136 Å². The summed E-state index contributed by atoms with van der Waals surface area (Å²) >= 11 is 0. The topological polar surface area (TPSA) is 83.6 Å². The quantitative estimate of drug-likeness (QED) is 0.848. The zero-order valence-corrected chi connectivity index (χ0v) is 13.8. The number of nitrogens with one attached hydrogen (secondary N) is 2. The van der Waals surface area contributed by atoms with Gasteiger partial charge in [-0.1, -0.05) is 13.8 Å². The van der Waals surface area contributed by atoms with E-state index in [4.69, 9.17) is 4.74 Å². The van der Waals surface area contributed by atoms with Gasteiger partial charge in [0.15, 0.2) is 0 Å². The van der Waals surface area contributed by atoms with Crippen LogP contribution in [-0.2, 0) is 4.79 Å². The molecular weight excluding hydrogens is 296 g/mol. The number of nitrogens with zero attached hydrogens (tertiary/aromatic N) is 2. The molecule has 1 aliphatic rings. The molecule has 2 rings (SSSR count). The van der Waals surface area contributed by atoms with Gasteiger partial charge in [0.2, 0.25) is 5.91 Å². The van der Waals surface area contributed by atoms with Crippen LogP contribution in [0.5, 0.6) is 5.75 Å². The molecule has 2 heterocycles. The minimum atomic E-state index is -0.520. The van der Waals surface area contributed by atoms with E-state index in [-0.39, 0.29) is 18.0 Å². The zero-order valence-electron chi connectivity index (χ0n) is 13.8. The van der Waals surface area contributed by atoms with Gasteiger partial charge in [-0.05, 0) is 18.1 Å². The van der Waals surface area contributed by atoms with Gasteiger partial charge in [-0.3, -0.25) is 9.78 Å². The van der Waals surface area contributed by atoms with Crippen LogP contribution in [0.15, 0.2) is 24.5 Å². The average Bonchev–Trinajstić information content (AvgIpc) is 2.96. The minimum absolute atomic E-state index is 0.179. The number of urea groups is 1. The van der Waals surface area contributed by atoms with Gasteiger partial charge in [-0.2, -0.15) is 0 Å². The second kappa shape index (κ2) is 7.80. The molecule has 1 aromatic rings. The van der Waals surface area contributed by atoms with E-state index in [1.54, 1.807) is 30.4 Å². The Balaban J connectivity index is 2.03. The van der Waals surface area contributed by atoms with Crippen molar-refractivity contribution in [3.8, 4) is 5.75 Å². The summed E-state index contributed by atoms with van der Waals surface area (Å²) in [5, 5.41) is 5.47. The van der Waals surface area contributed by atoms with Gasteiger partial charge in [0, 0.05) is 26.2 Å². The van der Waals surface area contributed by atoms with E-state index in [2.05, 4.69) is 15.6 Å². The molecule has 3 amide bonds. The van der Waals surface area contributed by atoms with Gasteiger partial charge in [0.25, 0.3) is 0 Å². The highest BCUT2D eigenvalue weighted by Crippen LogP contribution is 2.23. The van der Waals surface area contributed by atoms with Crippen LogP contribution >= 0.6 is 0 Å². The molecule has 7 heteroatoms. The molecular formula is C16H24N4O3. The standard InChI is InChI=1S/C16H24N4O3/c1-11(2)8-19-16(22)20-10-13(7-14(20)15(21)17-3)23-12-5-4-6-18-9-12/h4-6,9,11,13-14H,7-8,10H2,1-3H3,(H,17,21)(H,19,22)/t13-,14+/m0/s1. The first-order valence-corrected chi connectivity index (χ1v) is 7.84. The van der Waals surface area contributed by atoms with Crippen molar-refractivity contribution in [3.05, 3.63) is 24.5 Å². The number of hydrogen-bond donors (Lipinski definition) is 2. The fourth-order valence-electron chi connectivity index (χ4n) is 2.52. The number of ether oxygens (including phenoxy) is 1. The monoisotopic (exact) mass is 320 g/mol. The summed E-state index contributed by atoms with van der Waals surface area (Å²) in [6.07, 6.45) is 3.52. The molecule has 0 unspecified atom stereocenters. The van der Waals surface area contributed by atoms with Crippen LogP contribution in [-0.4, -0.2) is 54.1 Å². The number of likely N-dealkylation sites (tertiary alicyclic amines) is 1. The second-order valence-corrected chi connectivity index (χ2v) is 6.03. The van der Waals surface area contributed by atoms with Crippen molar-refractivity contribution < 1.29 is 14.3 Å². The molecule has 2 atom stereocenters. The Morgan fingerprint density at radius 3 is 2.87 bits per heavy atom. The molecule has 1 saturated heterocycles. The van der Waals surface area contributed by atoms with Crippen LogP contribution < -0.4 is 15.4 Å². The first kappa shape index (κ1) is 17.1. The number of carbonyl (C=O) groups excluding carboxylic acids is 2. The van der Waals surface area contributed by atoms with E-state index >= 15 is 0 Å². The molecule has 0 aliphatic carbocycles. The first-order valence-electron chi connectivity index (χ1n) is 7.84. The molecule has 1 fully saturated rings. The lowest BCUT2D eigenvalue weighted by Crippen LogP contribution is -2.49. The molecule has 0 saturated carbocycles. The van der Waals surface area contributed by atoms with Crippen molar-refractivity contribution >= 4 is 11.9 Å². The van der Waals surface area contributed by atoms with Crippen LogP contribution in [0.1, 0.15) is 20.3 Å². The van der Waals surface area contributed by atoms with Crippen molar-refractivity contribution in [1.29, 1.82) is 0 Å². The third-order valence-electron chi connectivity index (χ3n) is 3.67. The second-order valence-electron chi connectivity index (χ2n) is 6.03. The van der Waals surface area contributed by atoms with Gasteiger partial charge in [0.05, 0.1) is 12.7 Å². The van der Waals surface area contributed by atoms with Gasteiger partial charge < -0.3 is 20.3 Å². The van der Waals surface area contributed by atoms with E-state index in [1.807, 2.05) is 19.9 Å². The first-order chi connectivity index (χ1) is 11.0. The van der Waals surface area contributed by atoms with Crippen molar-refractivity contribution in [2.75, 3.05) is 20.1 Å². The van der Waals surface area contributed by atoms with Crippen LogP contribution in [0.25, 0.3) is 0 Å². The van der Waals surface area contributed by atoms with E-state index < -0.39 is 6.04 Å². The summed E-state index contributed by atoms with van der Waals surface area (Å²) in [6, 6.07) is 2.84. The Bertz CT molecular complexity index is 535. The third kappa shape index (κ3) is 4.58. The highest BCUT2D eigenvalue weighted by atomic mass is 16.5. The fourth-order valence-corrected chi connectivity index (χ4v) is 2.52. The molecule has 2 N–H and O–H groups in total. The number of aromatic nitrogens is 1. The van der Waals surface area contributed by atoms with Crippen LogP contribution in [0.2, 0.25) is 0 Å². The zero-order chi connectivity index (χ0) is 16.8. The molecule has 1 aliphatic heterocycles. The predicted molar refractivity (Wildman–Crippen MR) is 86.1 cm³/mol. The maximum atomic E-state index is 12.3. The number of pyridine rings is 1. The fraction of sp³-hybridized carbons (Fsp3) is 0.562. The number of amides is 3. The summed E-state index contributed by atoms with van der Waals surface area (Å²) in [6.45, 7) is 4.99. The minimum Gasteiger partial charge on any atom is -0.487 e. The summed E-state index contributed by atoms with van der Waals surface area (Å²) in [5.41, 5.74) is 0. The van der Waals surface area contributed by atoms with Crippen LogP contribution in [0.3, 0.4) is 0 Å². The molecule has 7 nitrogen and oxygen atoms in total. The predicted octanol–water partition coefficient (Wildman–Crippen LogP) is 1.01. The summed E-state index contributed by atoms with van der Waals surface area (Å²) in [7, 11) is 1.57. The molecule has 0 bridgehead atoms. The number of likely N-dealkylation sites (N-methyl/N-ethyl adjacent to an activating group) is 1. The SMILES string of the molecule is CNC(=O)[C@H]1C[C@H](Oc2cccnc2)CN1C(=O)NCC(C)C. The molecule has 23 heavy (non-hydrogen) atoms. The van der Waals surface area contributed by atoms with Crippen molar-refractivity contribution in [1.82, 2.24) is 20.5 Å². The Morgan fingerprint density at radius 1 is 1.48 bits per heavy atom. The maximum absolute atomic E-state index is 12.3. The van der Waals surface area contributed by atoms with Gasteiger partial charge in [0.1, 0.15) is 17.9 Å².